The highest BCUT2D eigenvalue weighted by molar-refractivity contribution is 5.73. The van der Waals surface area contributed by atoms with E-state index in [0.29, 0.717) is 0 Å². The Morgan fingerprint density at radius 3 is 2.78 bits per heavy atom. The van der Waals surface area contributed by atoms with Crippen LogP contribution in [0.2, 0.25) is 0 Å². The first-order valence-corrected chi connectivity index (χ1v) is 7.43. The summed E-state index contributed by atoms with van der Waals surface area (Å²) in [5.74, 6) is -0.664. The Kier molecular flexibility index (Phi) is 8.85. The summed E-state index contributed by atoms with van der Waals surface area (Å²) in [5, 5.41) is 25.5. The van der Waals surface area contributed by atoms with E-state index >= 15 is 0 Å². The van der Waals surface area contributed by atoms with Crippen LogP contribution in [-0.4, -0.2) is 73.6 Å². The minimum Gasteiger partial charge on any atom is -0.394 e. The van der Waals surface area contributed by atoms with Gasteiger partial charge in [0, 0.05) is 24.3 Å². The van der Waals surface area contributed by atoms with Crippen LogP contribution in [0.4, 0.5) is 0 Å². The molecular weight excluding hydrogens is 308 g/mol. The molecule has 0 aromatic heterocycles. The number of aliphatic hydroxyl groups excluding tert-OH is 2. The number of azide groups is 1. The smallest absolute Gasteiger partial charge is 0.217 e. The molecule has 5 unspecified atom stereocenters. The van der Waals surface area contributed by atoms with Crippen molar-refractivity contribution in [3.63, 3.8) is 0 Å². The second kappa shape index (κ2) is 10.4. The number of nitrogens with one attached hydrogen (secondary N) is 1. The molecule has 0 radical (unpaired) electrons. The Hall–Kier alpha value is -1.42. The van der Waals surface area contributed by atoms with Crippen LogP contribution in [0.3, 0.4) is 0 Å². The molecule has 1 aliphatic heterocycles. The minimum atomic E-state index is -0.902. The SMILES string of the molecule is CC(=O)NC1C(OCCOCCN=[N+]=[N-])OC(CO)C(C)C1O. The molecule has 23 heavy (non-hydrogen) atoms. The Morgan fingerprint density at radius 1 is 1.43 bits per heavy atom. The molecule has 3 N–H and O–H groups in total. The predicted molar refractivity (Wildman–Crippen MR) is 79.3 cm³/mol. The zero-order valence-electron chi connectivity index (χ0n) is 13.3. The molecule has 1 rings (SSSR count). The van der Waals surface area contributed by atoms with Crippen molar-refractivity contribution < 1.29 is 29.2 Å². The molecule has 0 aliphatic carbocycles. The van der Waals surface area contributed by atoms with E-state index in [1.54, 1.807) is 6.92 Å². The van der Waals surface area contributed by atoms with Crippen molar-refractivity contribution in [1.82, 2.24) is 5.32 Å². The highest BCUT2D eigenvalue weighted by atomic mass is 16.7. The number of hydrogen-bond acceptors (Lipinski definition) is 7. The lowest BCUT2D eigenvalue weighted by molar-refractivity contribution is -0.257. The molecule has 1 fully saturated rings. The molecule has 0 aromatic rings. The van der Waals surface area contributed by atoms with E-state index in [-0.39, 0.29) is 44.8 Å². The Morgan fingerprint density at radius 2 is 2.17 bits per heavy atom. The van der Waals surface area contributed by atoms with Gasteiger partial charge in [-0.1, -0.05) is 12.0 Å². The van der Waals surface area contributed by atoms with Gasteiger partial charge in [0.05, 0.1) is 38.6 Å². The molecule has 132 valence electrons. The van der Waals surface area contributed by atoms with Crippen molar-refractivity contribution >= 4 is 5.91 Å². The van der Waals surface area contributed by atoms with Crippen molar-refractivity contribution in [2.24, 2.45) is 11.0 Å². The lowest BCUT2D eigenvalue weighted by atomic mass is 9.89. The maximum Gasteiger partial charge on any atom is 0.217 e. The third-order valence-electron chi connectivity index (χ3n) is 3.55. The van der Waals surface area contributed by atoms with E-state index in [0.717, 1.165) is 0 Å². The predicted octanol–water partition coefficient (Wildman–Crippen LogP) is -0.451. The lowest BCUT2D eigenvalue weighted by Crippen LogP contribution is -2.61. The van der Waals surface area contributed by atoms with Gasteiger partial charge in [0.2, 0.25) is 5.91 Å². The Labute approximate surface area is 134 Å². The summed E-state index contributed by atoms with van der Waals surface area (Å²) in [5.41, 5.74) is 8.12. The minimum absolute atomic E-state index is 0.163. The van der Waals surface area contributed by atoms with Crippen molar-refractivity contribution in [2.45, 2.75) is 38.4 Å². The number of hydrogen-bond donors (Lipinski definition) is 3. The lowest BCUT2D eigenvalue weighted by Gasteiger charge is -2.43. The van der Waals surface area contributed by atoms with Gasteiger partial charge in [-0.25, -0.2) is 0 Å². The van der Waals surface area contributed by atoms with Crippen LogP contribution in [0.25, 0.3) is 10.4 Å². The van der Waals surface area contributed by atoms with Crippen LogP contribution < -0.4 is 5.32 Å². The molecule has 1 aliphatic rings. The van der Waals surface area contributed by atoms with Gasteiger partial charge < -0.3 is 29.7 Å². The topological polar surface area (TPSA) is 146 Å². The van der Waals surface area contributed by atoms with E-state index in [2.05, 4.69) is 15.3 Å². The fourth-order valence-corrected chi connectivity index (χ4v) is 2.30. The number of carbonyl (C=O) groups is 1. The van der Waals surface area contributed by atoms with E-state index in [4.69, 9.17) is 19.7 Å². The standard InChI is InChI=1S/C13H24N4O6/c1-8-10(7-18)23-13(11(12(8)20)16-9(2)19)22-6-5-21-4-3-15-17-14/h8,10-13,18,20H,3-7H2,1-2H3,(H,16,19). The number of nitrogens with zero attached hydrogens (tertiary/aromatic N) is 3. The summed E-state index contributed by atoms with van der Waals surface area (Å²) >= 11 is 0. The summed E-state index contributed by atoms with van der Waals surface area (Å²) < 4.78 is 16.3. The van der Waals surface area contributed by atoms with E-state index in [1.807, 2.05) is 0 Å². The third-order valence-corrected chi connectivity index (χ3v) is 3.55. The Bertz CT molecular complexity index is 417. The van der Waals surface area contributed by atoms with Gasteiger partial charge in [-0.3, -0.25) is 4.79 Å². The van der Waals surface area contributed by atoms with Crippen LogP contribution in [0.1, 0.15) is 13.8 Å². The number of rotatable bonds is 9. The molecule has 0 aromatic carbocycles. The van der Waals surface area contributed by atoms with E-state index in [9.17, 15) is 15.0 Å². The molecule has 5 atom stereocenters. The van der Waals surface area contributed by atoms with E-state index in [1.165, 1.54) is 6.92 Å². The third kappa shape index (κ3) is 6.30. The zero-order chi connectivity index (χ0) is 17.2. The second-order valence-corrected chi connectivity index (χ2v) is 5.24. The molecule has 10 heteroatoms. The van der Waals surface area contributed by atoms with Crippen molar-refractivity contribution in [2.75, 3.05) is 33.0 Å². The normalized spacial score (nSPS) is 30.5. The van der Waals surface area contributed by atoms with Crippen LogP contribution in [-0.2, 0) is 19.0 Å². The van der Waals surface area contributed by atoms with Crippen LogP contribution in [0, 0.1) is 5.92 Å². The van der Waals surface area contributed by atoms with Gasteiger partial charge in [-0.15, -0.1) is 0 Å². The number of amides is 1. The van der Waals surface area contributed by atoms with Crippen molar-refractivity contribution in [1.29, 1.82) is 0 Å². The molecular formula is C13H24N4O6. The maximum absolute atomic E-state index is 11.3. The van der Waals surface area contributed by atoms with Crippen LogP contribution in [0.5, 0.6) is 0 Å². The summed E-state index contributed by atoms with van der Waals surface area (Å²) in [7, 11) is 0. The number of carbonyl (C=O) groups excluding carboxylic acids is 1. The van der Waals surface area contributed by atoms with Gasteiger partial charge >= 0.3 is 0 Å². The highest BCUT2D eigenvalue weighted by Crippen LogP contribution is 2.26. The summed E-state index contributed by atoms with van der Waals surface area (Å²) in [6, 6.07) is -0.728. The molecule has 10 nitrogen and oxygen atoms in total. The number of ether oxygens (including phenoxy) is 3. The van der Waals surface area contributed by atoms with Crippen LogP contribution >= 0.6 is 0 Å². The first kappa shape index (κ1) is 19.6. The first-order chi connectivity index (χ1) is 11.0. The molecule has 1 heterocycles. The quantitative estimate of drug-likeness (QED) is 0.225. The average molecular weight is 332 g/mol. The van der Waals surface area contributed by atoms with Gasteiger partial charge in [0.25, 0.3) is 0 Å². The second-order valence-electron chi connectivity index (χ2n) is 5.24. The summed E-state index contributed by atoms with van der Waals surface area (Å²) in [6.45, 7) is 3.72. The van der Waals surface area contributed by atoms with Gasteiger partial charge in [-0.2, -0.15) is 0 Å². The van der Waals surface area contributed by atoms with Crippen molar-refractivity contribution in [3.05, 3.63) is 10.4 Å². The zero-order valence-corrected chi connectivity index (χ0v) is 13.3. The molecule has 0 spiro atoms. The first-order valence-electron chi connectivity index (χ1n) is 7.43. The highest BCUT2D eigenvalue weighted by Gasteiger charge is 2.43. The summed E-state index contributed by atoms with van der Waals surface area (Å²) in [4.78, 5) is 13.9. The van der Waals surface area contributed by atoms with E-state index < -0.39 is 24.5 Å². The molecule has 1 saturated heterocycles. The molecule has 1 amide bonds. The van der Waals surface area contributed by atoms with Crippen LogP contribution in [0.15, 0.2) is 5.11 Å². The molecule has 0 bridgehead atoms. The van der Waals surface area contributed by atoms with Crippen molar-refractivity contribution in [3.8, 4) is 0 Å². The van der Waals surface area contributed by atoms with Gasteiger partial charge in [0.1, 0.15) is 6.04 Å². The fourth-order valence-electron chi connectivity index (χ4n) is 2.30. The Balaban J connectivity index is 2.49. The fraction of sp³-hybridized carbons (Fsp3) is 0.923. The largest absolute Gasteiger partial charge is 0.394 e. The molecule has 0 saturated carbocycles. The monoisotopic (exact) mass is 332 g/mol. The summed E-state index contributed by atoms with van der Waals surface area (Å²) in [6.07, 6.45) is -2.37. The number of aliphatic hydroxyl groups is 2. The maximum atomic E-state index is 11.3. The van der Waals surface area contributed by atoms with Gasteiger partial charge in [0.15, 0.2) is 6.29 Å². The van der Waals surface area contributed by atoms with Gasteiger partial charge in [-0.05, 0) is 5.53 Å². The average Bonchev–Trinajstić information content (AvgIpc) is 2.52.